The van der Waals surface area contributed by atoms with E-state index in [2.05, 4.69) is 5.32 Å². The van der Waals surface area contributed by atoms with Gasteiger partial charge in [-0.25, -0.2) is 4.79 Å². The number of carboxylic acid groups (broad SMARTS) is 1. The Balaban J connectivity index is 2.30. The molecule has 1 heterocycles. The first-order chi connectivity index (χ1) is 13.9. The standard InChI is InChI=1S/C21H30N4O5/c1-21(2,3)17(23)19(28)25-11-13-7-5-4-6-12(13)10-15(25)18(27)24-14(20(29)30)8-9-16(22)26/h4-7,14-15,17H,8-11,23H2,1-3H3,(H2,22,26)(H,24,27)(H,29,30)/t14-,15?,17-/m1/s1. The van der Waals surface area contributed by atoms with E-state index in [1.54, 1.807) is 0 Å². The van der Waals surface area contributed by atoms with Gasteiger partial charge in [-0.05, 0) is 23.0 Å². The van der Waals surface area contributed by atoms with Crippen molar-refractivity contribution in [2.24, 2.45) is 16.9 Å². The lowest BCUT2D eigenvalue weighted by atomic mass is 9.85. The molecule has 3 atom stereocenters. The summed E-state index contributed by atoms with van der Waals surface area (Å²) >= 11 is 0. The quantitative estimate of drug-likeness (QED) is 0.494. The van der Waals surface area contributed by atoms with Gasteiger partial charge in [0.15, 0.2) is 0 Å². The molecule has 0 aromatic heterocycles. The molecular formula is C21H30N4O5. The summed E-state index contributed by atoms with van der Waals surface area (Å²) in [6, 6.07) is 4.45. The van der Waals surface area contributed by atoms with Crippen molar-refractivity contribution < 1.29 is 24.3 Å². The largest absolute Gasteiger partial charge is 0.480 e. The molecule has 6 N–H and O–H groups in total. The summed E-state index contributed by atoms with van der Waals surface area (Å²) < 4.78 is 0. The molecule has 0 radical (unpaired) electrons. The van der Waals surface area contributed by atoms with Crippen LogP contribution in [0.1, 0.15) is 44.7 Å². The second-order valence-corrected chi connectivity index (χ2v) is 8.70. The zero-order valence-electron chi connectivity index (χ0n) is 17.6. The number of aliphatic carboxylic acids is 1. The summed E-state index contributed by atoms with van der Waals surface area (Å²) in [5.74, 6) is -2.91. The number of nitrogens with zero attached hydrogens (tertiary/aromatic N) is 1. The van der Waals surface area contributed by atoms with Crippen LogP contribution in [-0.4, -0.2) is 51.8 Å². The van der Waals surface area contributed by atoms with Crippen LogP contribution < -0.4 is 16.8 Å². The van der Waals surface area contributed by atoms with Crippen LogP contribution in [0.15, 0.2) is 24.3 Å². The zero-order chi connectivity index (χ0) is 22.6. The van der Waals surface area contributed by atoms with Gasteiger partial charge in [-0.2, -0.15) is 0 Å². The van der Waals surface area contributed by atoms with Gasteiger partial charge in [-0.1, -0.05) is 45.0 Å². The Labute approximate surface area is 175 Å². The van der Waals surface area contributed by atoms with Gasteiger partial charge in [-0.3, -0.25) is 14.4 Å². The Bertz CT molecular complexity index is 833. The summed E-state index contributed by atoms with van der Waals surface area (Å²) in [6.07, 6.45) is -0.0653. The highest BCUT2D eigenvalue weighted by atomic mass is 16.4. The highest BCUT2D eigenvalue weighted by molar-refractivity contribution is 5.92. The Morgan fingerprint density at radius 1 is 1.20 bits per heavy atom. The lowest BCUT2D eigenvalue weighted by Gasteiger charge is -2.40. The van der Waals surface area contributed by atoms with Gasteiger partial charge in [0.2, 0.25) is 17.7 Å². The minimum absolute atomic E-state index is 0.130. The summed E-state index contributed by atoms with van der Waals surface area (Å²) in [7, 11) is 0. The monoisotopic (exact) mass is 418 g/mol. The van der Waals surface area contributed by atoms with E-state index in [9.17, 15) is 24.3 Å². The summed E-state index contributed by atoms with van der Waals surface area (Å²) in [5, 5.41) is 11.8. The predicted molar refractivity (Wildman–Crippen MR) is 110 cm³/mol. The lowest BCUT2D eigenvalue weighted by molar-refractivity contribution is -0.147. The molecular weight excluding hydrogens is 388 g/mol. The molecule has 1 unspecified atom stereocenters. The number of rotatable bonds is 7. The topological polar surface area (TPSA) is 156 Å². The zero-order valence-corrected chi connectivity index (χ0v) is 17.6. The van der Waals surface area contributed by atoms with Crippen molar-refractivity contribution in [2.75, 3.05) is 0 Å². The van der Waals surface area contributed by atoms with Gasteiger partial charge in [-0.15, -0.1) is 0 Å². The van der Waals surface area contributed by atoms with E-state index >= 15 is 0 Å². The van der Waals surface area contributed by atoms with Crippen molar-refractivity contribution in [1.29, 1.82) is 0 Å². The third-order valence-electron chi connectivity index (χ3n) is 5.33. The second kappa shape index (κ2) is 9.25. The van der Waals surface area contributed by atoms with Gasteiger partial charge in [0.1, 0.15) is 12.1 Å². The predicted octanol–water partition coefficient (Wildman–Crippen LogP) is 0.148. The lowest BCUT2D eigenvalue weighted by Crippen LogP contribution is -2.60. The highest BCUT2D eigenvalue weighted by Gasteiger charge is 2.40. The molecule has 0 aliphatic carbocycles. The maximum absolute atomic E-state index is 13.1. The van der Waals surface area contributed by atoms with Crippen molar-refractivity contribution in [2.45, 2.75) is 64.7 Å². The molecule has 1 aromatic carbocycles. The molecule has 2 rings (SSSR count). The number of carboxylic acids is 1. The second-order valence-electron chi connectivity index (χ2n) is 8.70. The number of amides is 3. The number of fused-ring (bicyclic) bond motifs is 1. The molecule has 3 amide bonds. The first-order valence-electron chi connectivity index (χ1n) is 9.86. The molecule has 164 valence electrons. The number of hydrogen-bond donors (Lipinski definition) is 4. The Morgan fingerprint density at radius 3 is 2.33 bits per heavy atom. The van der Waals surface area contributed by atoms with Crippen LogP contribution in [-0.2, 0) is 32.1 Å². The van der Waals surface area contributed by atoms with Gasteiger partial charge in [0.05, 0.1) is 6.04 Å². The average molecular weight is 418 g/mol. The number of nitrogens with one attached hydrogen (secondary N) is 1. The number of nitrogens with two attached hydrogens (primary N) is 2. The smallest absolute Gasteiger partial charge is 0.326 e. The van der Waals surface area contributed by atoms with Crippen molar-refractivity contribution in [1.82, 2.24) is 10.2 Å². The van der Waals surface area contributed by atoms with Crippen LogP contribution >= 0.6 is 0 Å². The van der Waals surface area contributed by atoms with Gasteiger partial charge in [0.25, 0.3) is 0 Å². The van der Waals surface area contributed by atoms with E-state index in [0.717, 1.165) is 11.1 Å². The van der Waals surface area contributed by atoms with E-state index in [1.165, 1.54) is 4.90 Å². The SMILES string of the molecule is CC(C)(C)[C@H](N)C(=O)N1Cc2ccccc2CC1C(=O)N[C@H](CCC(N)=O)C(=O)O. The number of benzene rings is 1. The third kappa shape index (κ3) is 5.56. The minimum atomic E-state index is -1.28. The van der Waals surface area contributed by atoms with Gasteiger partial charge >= 0.3 is 5.97 Å². The van der Waals surface area contributed by atoms with Gasteiger partial charge < -0.3 is 26.8 Å². The Hall–Kier alpha value is -2.94. The fraction of sp³-hybridized carbons (Fsp3) is 0.524. The van der Waals surface area contributed by atoms with Crippen LogP contribution in [0.4, 0.5) is 0 Å². The van der Waals surface area contributed by atoms with Crippen molar-refractivity contribution >= 4 is 23.7 Å². The molecule has 1 aliphatic rings. The molecule has 30 heavy (non-hydrogen) atoms. The molecule has 1 aliphatic heterocycles. The number of primary amides is 1. The maximum Gasteiger partial charge on any atom is 0.326 e. The first kappa shape index (κ1) is 23.3. The fourth-order valence-electron chi connectivity index (χ4n) is 3.35. The number of carbonyl (C=O) groups excluding carboxylic acids is 3. The number of hydrogen-bond acceptors (Lipinski definition) is 5. The van der Waals surface area contributed by atoms with Crippen LogP contribution in [0.2, 0.25) is 0 Å². The normalized spacial score (nSPS) is 18.1. The molecule has 0 saturated carbocycles. The van der Waals surface area contributed by atoms with E-state index in [-0.39, 0.29) is 31.7 Å². The highest BCUT2D eigenvalue weighted by Crippen LogP contribution is 2.27. The van der Waals surface area contributed by atoms with E-state index in [0.29, 0.717) is 0 Å². The first-order valence-corrected chi connectivity index (χ1v) is 9.86. The summed E-state index contributed by atoms with van der Waals surface area (Å²) in [5.41, 5.74) is 12.6. The molecule has 0 spiro atoms. The Kier molecular flexibility index (Phi) is 7.20. The summed E-state index contributed by atoms with van der Waals surface area (Å²) in [4.78, 5) is 50.1. The molecule has 9 nitrogen and oxygen atoms in total. The van der Waals surface area contributed by atoms with E-state index in [1.807, 2.05) is 45.0 Å². The van der Waals surface area contributed by atoms with Crippen LogP contribution in [0.3, 0.4) is 0 Å². The Morgan fingerprint density at radius 2 is 1.80 bits per heavy atom. The third-order valence-corrected chi connectivity index (χ3v) is 5.33. The molecule has 1 aromatic rings. The van der Waals surface area contributed by atoms with Crippen LogP contribution in [0.5, 0.6) is 0 Å². The van der Waals surface area contributed by atoms with E-state index < -0.39 is 41.3 Å². The molecule has 0 bridgehead atoms. The average Bonchev–Trinajstić information content (AvgIpc) is 2.67. The van der Waals surface area contributed by atoms with Crippen LogP contribution in [0, 0.1) is 5.41 Å². The van der Waals surface area contributed by atoms with Crippen LogP contribution in [0.25, 0.3) is 0 Å². The van der Waals surface area contributed by atoms with E-state index in [4.69, 9.17) is 11.5 Å². The molecule has 9 heteroatoms. The minimum Gasteiger partial charge on any atom is -0.480 e. The number of carbonyl (C=O) groups is 4. The maximum atomic E-state index is 13.1. The summed E-state index contributed by atoms with van der Waals surface area (Å²) in [6.45, 7) is 5.72. The van der Waals surface area contributed by atoms with Crippen molar-refractivity contribution in [3.63, 3.8) is 0 Å². The van der Waals surface area contributed by atoms with Crippen molar-refractivity contribution in [3.05, 3.63) is 35.4 Å². The van der Waals surface area contributed by atoms with Crippen molar-refractivity contribution in [3.8, 4) is 0 Å². The molecule has 0 saturated heterocycles. The van der Waals surface area contributed by atoms with Gasteiger partial charge in [0, 0.05) is 19.4 Å². The fourth-order valence-corrected chi connectivity index (χ4v) is 3.35. The molecule has 0 fully saturated rings.